The largest absolute Gasteiger partial charge is 0.416 e. The fourth-order valence-corrected chi connectivity index (χ4v) is 4.78. The third-order valence-corrected chi connectivity index (χ3v) is 6.44. The molecule has 0 N–H and O–H groups in total. The van der Waals surface area contributed by atoms with Gasteiger partial charge in [0.15, 0.2) is 9.84 Å². The van der Waals surface area contributed by atoms with Crippen molar-refractivity contribution in [1.82, 2.24) is 9.78 Å². The normalized spacial score (nSPS) is 22.4. The fourth-order valence-electron chi connectivity index (χ4n) is 2.96. The number of nitrogens with zero attached hydrogens (tertiary/aromatic N) is 2. The Kier molecular flexibility index (Phi) is 3.95. The standard InChI is InChI=1S/C15H15F3N2O2S/c16-15(17,18)11-2-5-13(6-3-11)23(21,22)14-7-4-12(10-14)20-9-1-8-19-20/h1-3,5-6,8-9,12,14H,4,7,10H2/t12-,14+/m1/s1. The van der Waals surface area contributed by atoms with Crippen LogP contribution in [-0.4, -0.2) is 23.4 Å². The molecule has 1 heterocycles. The van der Waals surface area contributed by atoms with E-state index in [1.807, 2.05) is 0 Å². The van der Waals surface area contributed by atoms with Crippen molar-refractivity contribution >= 4 is 9.84 Å². The van der Waals surface area contributed by atoms with Crippen molar-refractivity contribution in [3.8, 4) is 0 Å². The number of benzene rings is 1. The van der Waals surface area contributed by atoms with Gasteiger partial charge in [0.1, 0.15) is 0 Å². The molecule has 1 aromatic heterocycles. The van der Waals surface area contributed by atoms with E-state index >= 15 is 0 Å². The van der Waals surface area contributed by atoms with Crippen molar-refractivity contribution < 1.29 is 21.6 Å². The quantitative estimate of drug-likeness (QED) is 0.857. The van der Waals surface area contributed by atoms with Gasteiger partial charge in [-0.05, 0) is 49.6 Å². The lowest BCUT2D eigenvalue weighted by Gasteiger charge is -2.14. The number of alkyl halides is 3. The van der Waals surface area contributed by atoms with E-state index in [1.165, 1.54) is 0 Å². The third-order valence-electron chi connectivity index (χ3n) is 4.20. The van der Waals surface area contributed by atoms with Crippen LogP contribution in [0.3, 0.4) is 0 Å². The lowest BCUT2D eigenvalue weighted by Crippen LogP contribution is -2.19. The molecule has 0 spiro atoms. The Labute approximate surface area is 131 Å². The molecule has 0 aliphatic heterocycles. The van der Waals surface area contributed by atoms with Gasteiger partial charge in [-0.25, -0.2) is 8.42 Å². The maximum Gasteiger partial charge on any atom is 0.416 e. The molecule has 2 atom stereocenters. The monoisotopic (exact) mass is 344 g/mol. The molecule has 0 saturated heterocycles. The molecule has 0 bridgehead atoms. The van der Waals surface area contributed by atoms with Gasteiger partial charge < -0.3 is 0 Å². The van der Waals surface area contributed by atoms with Gasteiger partial charge in [-0.2, -0.15) is 18.3 Å². The zero-order valence-electron chi connectivity index (χ0n) is 12.1. The minimum atomic E-state index is -4.47. The van der Waals surface area contributed by atoms with Crippen LogP contribution in [0.4, 0.5) is 13.2 Å². The summed E-state index contributed by atoms with van der Waals surface area (Å²) in [5, 5.41) is 3.53. The van der Waals surface area contributed by atoms with E-state index in [2.05, 4.69) is 5.10 Å². The molecule has 8 heteroatoms. The highest BCUT2D eigenvalue weighted by Crippen LogP contribution is 2.37. The van der Waals surface area contributed by atoms with Gasteiger partial charge in [0.25, 0.3) is 0 Å². The lowest BCUT2D eigenvalue weighted by molar-refractivity contribution is -0.137. The van der Waals surface area contributed by atoms with Crippen LogP contribution in [0.15, 0.2) is 47.6 Å². The first-order valence-electron chi connectivity index (χ1n) is 7.19. The summed E-state index contributed by atoms with van der Waals surface area (Å²) in [6, 6.07) is 5.50. The minimum absolute atomic E-state index is 0.0132. The van der Waals surface area contributed by atoms with E-state index in [1.54, 1.807) is 23.1 Å². The van der Waals surface area contributed by atoms with Gasteiger partial charge in [-0.1, -0.05) is 0 Å². The Morgan fingerprint density at radius 2 is 1.83 bits per heavy atom. The predicted molar refractivity (Wildman–Crippen MR) is 77.5 cm³/mol. The second-order valence-corrected chi connectivity index (χ2v) is 7.87. The highest BCUT2D eigenvalue weighted by Gasteiger charge is 2.37. The van der Waals surface area contributed by atoms with Crippen molar-refractivity contribution in [1.29, 1.82) is 0 Å². The van der Waals surface area contributed by atoms with Crippen LogP contribution in [0.1, 0.15) is 30.9 Å². The van der Waals surface area contributed by atoms with Crippen LogP contribution in [0.25, 0.3) is 0 Å². The Bertz CT molecular complexity index is 768. The highest BCUT2D eigenvalue weighted by molar-refractivity contribution is 7.92. The number of sulfone groups is 1. The number of aromatic nitrogens is 2. The second-order valence-electron chi connectivity index (χ2n) is 5.64. The summed E-state index contributed by atoms with van der Waals surface area (Å²) in [5.74, 6) is 0. The number of halogens is 3. The van der Waals surface area contributed by atoms with E-state index < -0.39 is 26.8 Å². The summed E-state index contributed by atoms with van der Waals surface area (Å²) in [6.07, 6.45) is 0.543. The molecule has 1 aromatic carbocycles. The van der Waals surface area contributed by atoms with Crippen LogP contribution >= 0.6 is 0 Å². The van der Waals surface area contributed by atoms with Crippen molar-refractivity contribution in [3.05, 3.63) is 48.3 Å². The Balaban J connectivity index is 1.79. The maximum absolute atomic E-state index is 12.6. The molecule has 1 aliphatic rings. The highest BCUT2D eigenvalue weighted by atomic mass is 32.2. The zero-order chi connectivity index (χ0) is 16.7. The molecule has 3 rings (SSSR count). The summed E-state index contributed by atoms with van der Waals surface area (Å²) in [5.41, 5.74) is -0.850. The van der Waals surface area contributed by atoms with Gasteiger partial charge >= 0.3 is 6.18 Å². The Hall–Kier alpha value is -1.83. The Morgan fingerprint density at radius 1 is 1.13 bits per heavy atom. The molecule has 4 nitrogen and oxygen atoms in total. The Morgan fingerprint density at radius 3 is 2.39 bits per heavy atom. The molecule has 1 fully saturated rings. The summed E-state index contributed by atoms with van der Waals surface area (Å²) in [6.45, 7) is 0. The summed E-state index contributed by atoms with van der Waals surface area (Å²) >= 11 is 0. The van der Waals surface area contributed by atoms with Crippen molar-refractivity contribution in [2.24, 2.45) is 0 Å². The van der Waals surface area contributed by atoms with Crippen LogP contribution in [0, 0.1) is 0 Å². The van der Waals surface area contributed by atoms with E-state index in [9.17, 15) is 21.6 Å². The molecule has 0 amide bonds. The van der Waals surface area contributed by atoms with Crippen LogP contribution in [0.2, 0.25) is 0 Å². The molecule has 0 radical (unpaired) electrons. The third kappa shape index (κ3) is 3.12. The molecule has 124 valence electrons. The van der Waals surface area contributed by atoms with Gasteiger partial charge in [-0.15, -0.1) is 0 Å². The van der Waals surface area contributed by atoms with E-state index in [0.29, 0.717) is 19.3 Å². The van der Waals surface area contributed by atoms with Gasteiger partial charge in [0.2, 0.25) is 0 Å². The molecular weight excluding hydrogens is 329 g/mol. The van der Waals surface area contributed by atoms with Crippen LogP contribution < -0.4 is 0 Å². The van der Waals surface area contributed by atoms with Gasteiger partial charge in [0, 0.05) is 12.4 Å². The smallest absolute Gasteiger partial charge is 0.270 e. The SMILES string of the molecule is O=S(=O)(c1ccc(C(F)(F)F)cc1)[C@H]1CC[C@@H](n2cccn2)C1. The average Bonchev–Trinajstić information content (AvgIpc) is 3.17. The average molecular weight is 344 g/mol. The minimum Gasteiger partial charge on any atom is -0.270 e. The number of rotatable bonds is 3. The predicted octanol–water partition coefficient (Wildman–Crippen LogP) is 3.47. The molecule has 1 saturated carbocycles. The number of hydrogen-bond acceptors (Lipinski definition) is 3. The van der Waals surface area contributed by atoms with E-state index in [4.69, 9.17) is 0 Å². The van der Waals surface area contributed by atoms with Crippen LogP contribution in [-0.2, 0) is 16.0 Å². The van der Waals surface area contributed by atoms with E-state index in [-0.39, 0.29) is 10.9 Å². The number of hydrogen-bond donors (Lipinski definition) is 0. The van der Waals surface area contributed by atoms with Gasteiger partial charge in [0.05, 0.1) is 21.8 Å². The second kappa shape index (κ2) is 5.67. The first-order valence-corrected chi connectivity index (χ1v) is 8.73. The molecule has 23 heavy (non-hydrogen) atoms. The fraction of sp³-hybridized carbons (Fsp3) is 0.400. The molecule has 1 aliphatic carbocycles. The summed E-state index contributed by atoms with van der Waals surface area (Å²) in [7, 11) is -3.63. The van der Waals surface area contributed by atoms with Gasteiger partial charge in [-0.3, -0.25) is 4.68 Å². The topological polar surface area (TPSA) is 52.0 Å². The molecule has 2 aromatic rings. The summed E-state index contributed by atoms with van der Waals surface area (Å²) in [4.78, 5) is -0.0587. The van der Waals surface area contributed by atoms with Crippen molar-refractivity contribution in [2.75, 3.05) is 0 Å². The summed E-state index contributed by atoms with van der Waals surface area (Å²) < 4.78 is 64.6. The zero-order valence-corrected chi connectivity index (χ0v) is 12.9. The van der Waals surface area contributed by atoms with Crippen molar-refractivity contribution in [2.45, 2.75) is 41.6 Å². The lowest BCUT2D eigenvalue weighted by atomic mass is 10.2. The molecular formula is C15H15F3N2O2S. The van der Waals surface area contributed by atoms with Crippen molar-refractivity contribution in [3.63, 3.8) is 0 Å². The first kappa shape index (κ1) is 16.0. The van der Waals surface area contributed by atoms with Crippen LogP contribution in [0.5, 0.6) is 0 Å². The molecule has 0 unspecified atom stereocenters. The first-order chi connectivity index (χ1) is 10.8. The maximum atomic E-state index is 12.6. The van der Waals surface area contributed by atoms with E-state index in [0.717, 1.165) is 24.3 Å².